The Morgan fingerprint density at radius 2 is 1.92 bits per heavy atom. The fraction of sp³-hybridized carbons (Fsp3) is 0.125. The average molecular weight is 348 g/mol. The molecule has 0 saturated carbocycles. The van der Waals surface area contributed by atoms with Gasteiger partial charge in [-0.05, 0) is 36.8 Å². The molecule has 0 unspecified atom stereocenters. The van der Waals surface area contributed by atoms with Crippen molar-refractivity contribution in [3.63, 3.8) is 0 Å². The molecule has 2 aromatic carbocycles. The molecule has 0 aliphatic rings. The van der Waals surface area contributed by atoms with Gasteiger partial charge in [-0.1, -0.05) is 18.7 Å². The van der Waals surface area contributed by atoms with E-state index in [2.05, 4.69) is 11.3 Å². The summed E-state index contributed by atoms with van der Waals surface area (Å²) in [5.41, 5.74) is 0.458. The number of non-ortho nitro benzene ring substituents is 1. The summed E-state index contributed by atoms with van der Waals surface area (Å²) in [7, 11) is -3.94. The first kappa shape index (κ1) is 17.5. The fourth-order valence-electron chi connectivity index (χ4n) is 1.98. The number of nitrogens with zero attached hydrogens (tertiary/aromatic N) is 1. The zero-order valence-corrected chi connectivity index (χ0v) is 13.7. The van der Waals surface area contributed by atoms with Crippen molar-refractivity contribution in [2.45, 2.75) is 11.8 Å². The highest BCUT2D eigenvalue weighted by molar-refractivity contribution is 7.92. The molecule has 0 radical (unpaired) electrons. The first-order chi connectivity index (χ1) is 11.3. The minimum Gasteiger partial charge on any atom is -0.490 e. The maximum atomic E-state index is 12.5. The molecule has 0 aliphatic carbocycles. The van der Waals surface area contributed by atoms with Gasteiger partial charge < -0.3 is 4.74 Å². The summed E-state index contributed by atoms with van der Waals surface area (Å²) in [6.45, 7) is 5.46. The molecule has 7 nitrogen and oxygen atoms in total. The van der Waals surface area contributed by atoms with Gasteiger partial charge in [0.1, 0.15) is 12.4 Å². The Balaban J connectivity index is 2.26. The van der Waals surface area contributed by atoms with Crippen molar-refractivity contribution in [2.75, 3.05) is 11.3 Å². The van der Waals surface area contributed by atoms with Crippen LogP contribution in [0.2, 0.25) is 0 Å². The predicted octanol–water partition coefficient (Wildman–Crippen LogP) is 3.27. The zero-order valence-electron chi connectivity index (χ0n) is 12.9. The van der Waals surface area contributed by atoms with Crippen LogP contribution in [0, 0.1) is 17.0 Å². The number of ether oxygens (including phenoxy) is 1. The summed E-state index contributed by atoms with van der Waals surface area (Å²) in [4.78, 5) is 10.1. The van der Waals surface area contributed by atoms with Crippen LogP contribution in [0.1, 0.15) is 5.56 Å². The number of rotatable bonds is 7. The maximum Gasteiger partial charge on any atom is 0.270 e. The minimum absolute atomic E-state index is 0.135. The van der Waals surface area contributed by atoms with Gasteiger partial charge in [-0.3, -0.25) is 14.8 Å². The second-order valence-corrected chi connectivity index (χ2v) is 6.59. The van der Waals surface area contributed by atoms with Gasteiger partial charge in [0.2, 0.25) is 0 Å². The van der Waals surface area contributed by atoms with E-state index >= 15 is 0 Å². The quantitative estimate of drug-likeness (QED) is 0.470. The van der Waals surface area contributed by atoms with Crippen molar-refractivity contribution in [1.82, 2.24) is 0 Å². The third-order valence-electron chi connectivity index (χ3n) is 3.15. The SMILES string of the molecule is C=CCOc1ccc(NS(=O)(=O)c2cc([N+](=O)[O-])ccc2C)cc1. The second-order valence-electron chi connectivity index (χ2n) is 4.94. The zero-order chi connectivity index (χ0) is 17.7. The molecule has 0 spiro atoms. The highest BCUT2D eigenvalue weighted by atomic mass is 32.2. The van der Waals surface area contributed by atoms with E-state index in [1.54, 1.807) is 37.3 Å². The van der Waals surface area contributed by atoms with Gasteiger partial charge in [0.05, 0.1) is 9.82 Å². The second kappa shape index (κ2) is 7.14. The van der Waals surface area contributed by atoms with Crippen molar-refractivity contribution < 1.29 is 18.1 Å². The van der Waals surface area contributed by atoms with Crippen LogP contribution in [0.5, 0.6) is 5.75 Å². The van der Waals surface area contributed by atoms with E-state index in [-0.39, 0.29) is 10.6 Å². The van der Waals surface area contributed by atoms with E-state index in [0.29, 0.717) is 23.6 Å². The molecule has 0 bridgehead atoms. The van der Waals surface area contributed by atoms with E-state index in [1.807, 2.05) is 0 Å². The van der Waals surface area contributed by atoms with Crippen molar-refractivity contribution in [2.24, 2.45) is 0 Å². The smallest absolute Gasteiger partial charge is 0.270 e. The largest absolute Gasteiger partial charge is 0.490 e. The number of benzene rings is 2. The van der Waals surface area contributed by atoms with E-state index in [9.17, 15) is 18.5 Å². The van der Waals surface area contributed by atoms with Crippen LogP contribution < -0.4 is 9.46 Å². The molecule has 24 heavy (non-hydrogen) atoms. The lowest BCUT2D eigenvalue weighted by Gasteiger charge is -2.11. The molecule has 0 aliphatic heterocycles. The molecule has 126 valence electrons. The Morgan fingerprint density at radius 3 is 2.50 bits per heavy atom. The number of nitro groups is 1. The first-order valence-corrected chi connectivity index (χ1v) is 8.43. The van der Waals surface area contributed by atoms with Gasteiger partial charge in [-0.2, -0.15) is 0 Å². The molecule has 8 heteroatoms. The lowest BCUT2D eigenvalue weighted by Crippen LogP contribution is -2.14. The Kier molecular flexibility index (Phi) is 5.20. The Labute approximate surface area is 139 Å². The highest BCUT2D eigenvalue weighted by Gasteiger charge is 2.20. The summed E-state index contributed by atoms with van der Waals surface area (Å²) in [5, 5.41) is 10.8. The van der Waals surface area contributed by atoms with Crippen LogP contribution in [-0.2, 0) is 10.0 Å². The van der Waals surface area contributed by atoms with Crippen molar-refractivity contribution in [3.05, 3.63) is 70.8 Å². The molecule has 2 rings (SSSR count). The number of nitrogens with one attached hydrogen (secondary N) is 1. The van der Waals surface area contributed by atoms with Gasteiger partial charge in [0.25, 0.3) is 15.7 Å². The molecule has 0 fully saturated rings. The number of sulfonamides is 1. The number of hydrogen-bond acceptors (Lipinski definition) is 5. The molecule has 1 N–H and O–H groups in total. The van der Waals surface area contributed by atoms with E-state index < -0.39 is 14.9 Å². The van der Waals surface area contributed by atoms with Crippen molar-refractivity contribution in [3.8, 4) is 5.75 Å². The number of hydrogen-bond donors (Lipinski definition) is 1. The number of anilines is 1. The van der Waals surface area contributed by atoms with Crippen molar-refractivity contribution >= 4 is 21.4 Å². The first-order valence-electron chi connectivity index (χ1n) is 6.95. The van der Waals surface area contributed by atoms with E-state index in [0.717, 1.165) is 6.07 Å². The van der Waals surface area contributed by atoms with Crippen molar-refractivity contribution in [1.29, 1.82) is 0 Å². The average Bonchev–Trinajstić information content (AvgIpc) is 2.54. The van der Waals surface area contributed by atoms with Crippen LogP contribution in [0.25, 0.3) is 0 Å². The lowest BCUT2D eigenvalue weighted by atomic mass is 10.2. The van der Waals surface area contributed by atoms with Crippen LogP contribution in [-0.4, -0.2) is 19.9 Å². The van der Waals surface area contributed by atoms with Gasteiger partial charge in [0.15, 0.2) is 0 Å². The molecule has 0 heterocycles. The fourth-order valence-corrected chi connectivity index (χ4v) is 3.30. The molecule has 0 amide bonds. The van der Waals surface area contributed by atoms with Crippen LogP contribution >= 0.6 is 0 Å². The van der Waals surface area contributed by atoms with Gasteiger partial charge in [-0.15, -0.1) is 0 Å². The molecule has 0 aromatic heterocycles. The predicted molar refractivity (Wildman–Crippen MR) is 90.8 cm³/mol. The Bertz CT molecular complexity index is 861. The third-order valence-corrected chi connectivity index (χ3v) is 4.67. The summed E-state index contributed by atoms with van der Waals surface area (Å²) < 4.78 is 32.7. The Morgan fingerprint density at radius 1 is 1.25 bits per heavy atom. The number of nitro benzene ring substituents is 1. The maximum absolute atomic E-state index is 12.5. The highest BCUT2D eigenvalue weighted by Crippen LogP contribution is 2.25. The molecular weight excluding hydrogens is 332 g/mol. The van der Waals surface area contributed by atoms with Gasteiger partial charge in [0, 0.05) is 17.8 Å². The lowest BCUT2D eigenvalue weighted by molar-refractivity contribution is -0.385. The van der Waals surface area contributed by atoms with Gasteiger partial charge in [-0.25, -0.2) is 8.42 Å². The van der Waals surface area contributed by atoms with E-state index in [4.69, 9.17) is 4.74 Å². The molecule has 2 aromatic rings. The molecule has 0 atom stereocenters. The van der Waals surface area contributed by atoms with Gasteiger partial charge >= 0.3 is 0 Å². The monoisotopic (exact) mass is 348 g/mol. The summed E-state index contributed by atoms with van der Waals surface area (Å²) in [6.07, 6.45) is 1.60. The standard InChI is InChI=1S/C16H16N2O5S/c1-3-10-23-15-8-5-13(6-9-15)17-24(21,22)16-11-14(18(19)20)7-4-12(16)2/h3-9,11,17H,1,10H2,2H3. The third kappa shape index (κ3) is 4.11. The van der Waals surface area contributed by atoms with E-state index in [1.165, 1.54) is 12.1 Å². The summed E-state index contributed by atoms with van der Waals surface area (Å²) in [5.74, 6) is 0.573. The summed E-state index contributed by atoms with van der Waals surface area (Å²) >= 11 is 0. The number of aryl methyl sites for hydroxylation is 1. The van der Waals surface area contributed by atoms with Crippen LogP contribution in [0.15, 0.2) is 60.0 Å². The minimum atomic E-state index is -3.94. The molecule has 0 saturated heterocycles. The van der Waals surface area contributed by atoms with Crippen LogP contribution in [0.4, 0.5) is 11.4 Å². The Hall–Kier alpha value is -2.87. The molecular formula is C16H16N2O5S. The normalized spacial score (nSPS) is 10.9. The van der Waals surface area contributed by atoms with Crippen LogP contribution in [0.3, 0.4) is 0 Å². The topological polar surface area (TPSA) is 98.5 Å². The summed E-state index contributed by atoms with van der Waals surface area (Å²) in [6, 6.07) is 10.0.